The second kappa shape index (κ2) is 47.7. The Morgan fingerprint density at radius 2 is 1.11 bits per heavy atom. The zero-order chi connectivity index (χ0) is 86.6. The molecule has 0 bridgehead atoms. The molecule has 14 amide bonds. The van der Waals surface area contributed by atoms with E-state index in [2.05, 4.69) is 72.0 Å². The third-order valence-electron chi connectivity index (χ3n) is 18.4. The summed E-state index contributed by atoms with van der Waals surface area (Å²) in [4.78, 5) is 276. The molecule has 636 valence electrons. The highest BCUT2D eigenvalue weighted by Crippen LogP contribution is 2.22. The first-order valence-electron chi connectivity index (χ1n) is 37.2. The highest BCUT2D eigenvalue weighted by atomic mass is 16.5. The summed E-state index contributed by atoms with van der Waals surface area (Å²) in [5, 5.41) is 78.7. The number of cyclic esters (lactones) is 1. The number of aromatic amines is 1. The molecule has 1 unspecified atom stereocenters. The summed E-state index contributed by atoms with van der Waals surface area (Å²) in [6.07, 6.45) is -3.45. The molecule has 116 heavy (non-hydrogen) atoms. The lowest BCUT2D eigenvalue weighted by molar-refractivity contribution is -0.156. The van der Waals surface area contributed by atoms with Crippen LogP contribution in [-0.4, -0.2) is 248 Å². The van der Waals surface area contributed by atoms with Gasteiger partial charge in [0.25, 0.3) is 0 Å². The molecule has 43 nitrogen and oxygen atoms in total. The minimum Gasteiger partial charge on any atom is -0.481 e. The molecule has 0 aliphatic carbocycles. The quantitative estimate of drug-likeness (QED) is 0.0113. The first-order chi connectivity index (χ1) is 54.7. The Bertz CT molecular complexity index is 4080. The van der Waals surface area contributed by atoms with Crippen molar-refractivity contribution in [3.8, 4) is 0 Å². The average Bonchev–Trinajstić information content (AvgIpc) is 1.64. The molecular formula is C73H103N17O26. The summed E-state index contributed by atoms with van der Waals surface area (Å²) in [6.45, 7) is 3.27. The molecule has 0 spiro atoms. The van der Waals surface area contributed by atoms with Crippen molar-refractivity contribution in [3.05, 3.63) is 65.9 Å². The fourth-order valence-electron chi connectivity index (χ4n) is 11.8. The first-order valence-corrected chi connectivity index (χ1v) is 37.2. The third kappa shape index (κ3) is 32.4. The third-order valence-corrected chi connectivity index (χ3v) is 18.4. The summed E-state index contributed by atoms with van der Waals surface area (Å²) in [7, 11) is 0. The molecule has 0 saturated carbocycles. The number of anilines is 1. The minimum atomic E-state index is -2.45. The van der Waals surface area contributed by atoms with Crippen molar-refractivity contribution in [1.29, 1.82) is 0 Å². The summed E-state index contributed by atoms with van der Waals surface area (Å²) in [6, 6.07) is -10.5. The molecule has 0 radical (unpaired) electrons. The van der Waals surface area contributed by atoms with Gasteiger partial charge >= 0.3 is 29.8 Å². The zero-order valence-corrected chi connectivity index (χ0v) is 64.5. The van der Waals surface area contributed by atoms with Gasteiger partial charge in [0.2, 0.25) is 82.7 Å². The van der Waals surface area contributed by atoms with Crippen molar-refractivity contribution in [2.45, 2.75) is 210 Å². The monoisotopic (exact) mass is 1630 g/mol. The van der Waals surface area contributed by atoms with Crippen molar-refractivity contribution in [1.82, 2.24) is 74.1 Å². The molecular weight excluding hydrogens is 1530 g/mol. The van der Waals surface area contributed by atoms with E-state index in [-0.39, 0.29) is 37.1 Å². The Morgan fingerprint density at radius 1 is 0.560 bits per heavy atom. The number of esters is 1. The number of carbonyl (C=O) groups excluding carboxylic acids is 16. The maximum absolute atomic E-state index is 14.8. The fraction of sp³-hybridized carbons (Fsp3) is 0.534. The van der Waals surface area contributed by atoms with E-state index < -0.39 is 261 Å². The molecule has 1 saturated heterocycles. The molecule has 1 aromatic heterocycles. The molecule has 4 rings (SSSR count). The van der Waals surface area contributed by atoms with Crippen LogP contribution < -0.4 is 86.3 Å². The maximum Gasteiger partial charge on any atom is 0.329 e. The molecule has 14 atom stereocenters. The van der Waals surface area contributed by atoms with Crippen LogP contribution in [0.1, 0.15) is 147 Å². The largest absolute Gasteiger partial charge is 0.481 e. The van der Waals surface area contributed by atoms with Crippen molar-refractivity contribution in [3.63, 3.8) is 0 Å². The number of hydrogen-bond acceptors (Lipinski definition) is 24. The number of nitrogen functional groups attached to an aromatic ring is 1. The van der Waals surface area contributed by atoms with Crippen LogP contribution in [0.15, 0.2) is 54.7 Å². The summed E-state index contributed by atoms with van der Waals surface area (Å²) >= 11 is 0. The lowest BCUT2D eigenvalue weighted by Crippen LogP contribution is -2.62. The number of unbranched alkanes of at least 4 members (excludes halogenated alkanes) is 3. The van der Waals surface area contributed by atoms with Gasteiger partial charge in [-0.3, -0.25) is 91.1 Å². The number of benzene rings is 2. The van der Waals surface area contributed by atoms with Gasteiger partial charge < -0.3 is 122 Å². The molecule has 43 heteroatoms. The van der Waals surface area contributed by atoms with Crippen LogP contribution in [0.2, 0.25) is 0 Å². The molecule has 2 heterocycles. The van der Waals surface area contributed by atoms with Crippen LogP contribution >= 0.6 is 0 Å². The van der Waals surface area contributed by atoms with Gasteiger partial charge in [0.05, 0.1) is 51.8 Å². The van der Waals surface area contributed by atoms with Gasteiger partial charge in [0, 0.05) is 47.6 Å². The van der Waals surface area contributed by atoms with Crippen LogP contribution in [-0.2, 0) is 102 Å². The van der Waals surface area contributed by atoms with Crippen molar-refractivity contribution >= 4 is 135 Å². The van der Waals surface area contributed by atoms with Crippen LogP contribution in [0.5, 0.6) is 0 Å². The Labute approximate surface area is 663 Å². The van der Waals surface area contributed by atoms with Crippen LogP contribution in [0.4, 0.5) is 5.69 Å². The number of carboxylic acid groups (broad SMARTS) is 4. The Morgan fingerprint density at radius 3 is 1.72 bits per heavy atom. The number of rotatable bonds is 35. The van der Waals surface area contributed by atoms with E-state index in [1.165, 1.54) is 24.3 Å². The summed E-state index contributed by atoms with van der Waals surface area (Å²) in [5.74, 6) is -29.2. The Hall–Kier alpha value is -12.7. The number of para-hydroxylation sites is 2. The van der Waals surface area contributed by atoms with Gasteiger partial charge in [-0.25, -0.2) is 4.79 Å². The van der Waals surface area contributed by atoms with E-state index >= 15 is 0 Å². The number of ketones is 1. The summed E-state index contributed by atoms with van der Waals surface area (Å²) < 4.78 is 5.68. The fourth-order valence-corrected chi connectivity index (χ4v) is 11.8. The molecule has 1 fully saturated rings. The number of aromatic nitrogens is 1. The predicted octanol–water partition coefficient (Wildman–Crippen LogP) is -5.38. The van der Waals surface area contributed by atoms with Gasteiger partial charge in [0.1, 0.15) is 72.6 Å². The second-order valence-corrected chi connectivity index (χ2v) is 27.8. The number of ether oxygens (including phenoxy) is 1. The predicted molar refractivity (Wildman–Crippen MR) is 405 cm³/mol. The Kier molecular flexibility index (Phi) is 39.4. The van der Waals surface area contributed by atoms with Gasteiger partial charge in [-0.2, -0.15) is 0 Å². The number of nitrogens with one attached hydrogen (secondary N) is 14. The topological polar surface area (TPSA) is 702 Å². The van der Waals surface area contributed by atoms with E-state index in [1.807, 2.05) is 16.0 Å². The molecule has 1 aliphatic rings. The van der Waals surface area contributed by atoms with E-state index in [9.17, 15) is 121 Å². The van der Waals surface area contributed by atoms with Crippen LogP contribution in [0.25, 0.3) is 10.9 Å². The SMILES string of the molecule is CCC(C)CCCCCCC(=O)N[C@@H](Cc1c[nH]c2ccccc12)C(=O)N[C@H](CC(N)=O)C(=O)N[C@@H](CC(=O)O)C(=O)N[C@@H]1C(=O)NCC(=O)N[C@@H](CCCN)C(=O)N[C@@H](CC(=O)O)C(=O)N[C@H](C)C(=O)N[C@@H](CC(=O)O)C(=O)NCC(=O)N[C@H](CO)C(=O)N[C@@H]([C@H](C)CC(=O)O)C(=O)N[C@@H](CC(=O)c2ccccc2N)C(=O)O[C@@H]1C. The highest BCUT2D eigenvalue weighted by molar-refractivity contribution is 6.05. The van der Waals surface area contributed by atoms with E-state index in [0.717, 1.165) is 46.5 Å². The van der Waals surface area contributed by atoms with Crippen LogP contribution in [0, 0.1) is 11.8 Å². The number of hydrogen-bond donors (Lipinski definition) is 22. The maximum atomic E-state index is 14.8. The average molecular weight is 1630 g/mol. The molecule has 25 N–H and O–H groups in total. The molecule has 3 aromatic rings. The number of nitrogens with two attached hydrogens (primary N) is 3. The van der Waals surface area contributed by atoms with Crippen molar-refractivity contribution in [2.24, 2.45) is 23.3 Å². The number of carboxylic acids is 4. The van der Waals surface area contributed by atoms with Gasteiger partial charge in [0.15, 0.2) is 5.78 Å². The number of H-pyrrole nitrogens is 1. The number of aliphatic hydroxyl groups is 1. The Balaban J connectivity index is 1.87. The lowest BCUT2D eigenvalue weighted by atomic mass is 9.96. The van der Waals surface area contributed by atoms with E-state index in [1.54, 1.807) is 30.5 Å². The standard InChI is InChI=1S/C73H103N17O26/c1-6-35(2)16-9-7-8-10-22-54(94)82-45(25-39-31-77-43-20-14-12-17-40(39)43)67(109)85-46(27-53(76)93)68(110)87-49(30-60(103)104)69(111)90-62-38(5)116-73(115)50(26-52(92)41-18-11-13-19-42(41)75)88-72(114)61(36(3)24-57(97)98)89-70(112)51(34-91)83-56(96)32-78-64(106)47(28-58(99)100)84-63(105)37(4)80-66(108)48(29-59(101)102)86-65(107)44(21-15-23-74)81-55(95)33-79-71(62)113/h11-14,17-20,31,35-38,44-51,61-62,77,91H,6-10,15-16,21-30,32-34,74-75H2,1-5H3,(H2,76,93)(H,78,106)(H,79,113)(H,80,108)(H,81,95)(H,82,94)(H,83,96)(H,84,105)(H,85,109)(H,86,107)(H,87,110)(H,88,114)(H,89,112)(H,90,111)(H,97,98)(H,99,100)(H,101,102)(H,103,104)/t35?,36-,37-,38-,44+,45+,46-,47+,48+,49+,50+,51-,61+,62+/m1/s1. The van der Waals surface area contributed by atoms with E-state index in [4.69, 9.17) is 21.9 Å². The smallest absolute Gasteiger partial charge is 0.329 e. The number of fused-ring (bicyclic) bond motifs is 1. The van der Waals surface area contributed by atoms with Crippen molar-refractivity contribution < 1.29 is 126 Å². The highest BCUT2D eigenvalue weighted by Gasteiger charge is 2.41. The van der Waals surface area contributed by atoms with Gasteiger partial charge in [-0.15, -0.1) is 0 Å². The minimum absolute atomic E-state index is 0.0230. The van der Waals surface area contributed by atoms with E-state index in [0.29, 0.717) is 35.2 Å². The number of carbonyl (C=O) groups is 20. The zero-order valence-electron chi connectivity index (χ0n) is 64.5. The second-order valence-electron chi connectivity index (χ2n) is 27.8. The molecule has 2 aromatic carbocycles. The number of primary amides is 1. The molecule has 1 aliphatic heterocycles. The first kappa shape index (κ1) is 95.7. The normalized spacial score (nSPS) is 21.4. The lowest BCUT2D eigenvalue weighted by Gasteiger charge is -2.30. The summed E-state index contributed by atoms with van der Waals surface area (Å²) in [5.41, 5.74) is 18.1. The van der Waals surface area contributed by atoms with Gasteiger partial charge in [-0.05, 0) is 75.3 Å². The van der Waals surface area contributed by atoms with Crippen molar-refractivity contribution in [2.75, 3.05) is 32.0 Å². The number of Topliss-reactive ketones (excluding diaryl/α,β-unsaturated/α-hetero) is 1. The van der Waals surface area contributed by atoms with Crippen LogP contribution in [0.3, 0.4) is 0 Å². The number of aliphatic hydroxyl groups excluding tert-OH is 1. The number of amides is 14. The van der Waals surface area contributed by atoms with Gasteiger partial charge in [-0.1, -0.05) is 83.2 Å². The number of aliphatic carboxylic acids is 4.